The maximum atomic E-state index is 12.5. The summed E-state index contributed by atoms with van der Waals surface area (Å²) in [4.78, 5) is 0.358. The highest BCUT2D eigenvalue weighted by atomic mass is 35.5. The van der Waals surface area contributed by atoms with Crippen LogP contribution in [0.5, 0.6) is 0 Å². The van der Waals surface area contributed by atoms with Crippen LogP contribution in [0.3, 0.4) is 0 Å². The third-order valence-electron chi connectivity index (χ3n) is 3.12. The molecule has 0 spiro atoms. The molecule has 0 atom stereocenters. The summed E-state index contributed by atoms with van der Waals surface area (Å²) in [5.41, 5.74) is 1.58. The van der Waals surface area contributed by atoms with E-state index in [0.717, 1.165) is 17.5 Å². The number of hydrogen-bond donors (Lipinski definition) is 0. The number of alkyl halides is 1. The second-order valence-corrected chi connectivity index (χ2v) is 7.52. The van der Waals surface area contributed by atoms with Crippen LogP contribution in [0.15, 0.2) is 23.1 Å². The highest BCUT2D eigenvalue weighted by Crippen LogP contribution is 2.22. The fourth-order valence-electron chi connectivity index (χ4n) is 1.73. The van der Waals surface area contributed by atoms with Gasteiger partial charge in [-0.2, -0.15) is 0 Å². The number of benzene rings is 1. The molecule has 0 bridgehead atoms. The molecule has 0 unspecified atom stereocenters. The summed E-state index contributed by atoms with van der Waals surface area (Å²) in [6.45, 7) is 6.51. The van der Waals surface area contributed by atoms with E-state index in [4.69, 9.17) is 11.6 Å². The summed E-state index contributed by atoms with van der Waals surface area (Å²) in [6.07, 6.45) is 0.851. The number of sulfonamides is 1. The molecule has 5 heteroatoms. The Morgan fingerprint density at radius 1 is 1.32 bits per heavy atom. The van der Waals surface area contributed by atoms with Crippen molar-refractivity contribution >= 4 is 21.6 Å². The van der Waals surface area contributed by atoms with E-state index in [0.29, 0.717) is 23.2 Å². The molecule has 1 aromatic rings. The van der Waals surface area contributed by atoms with Gasteiger partial charge in [-0.15, -0.1) is 11.6 Å². The minimum atomic E-state index is -3.42. The van der Waals surface area contributed by atoms with Crippen LogP contribution < -0.4 is 0 Å². The number of rotatable bonds is 6. The molecular weight excluding hydrogens is 282 g/mol. The van der Waals surface area contributed by atoms with E-state index in [1.165, 1.54) is 4.31 Å². The fourth-order valence-corrected chi connectivity index (χ4v) is 3.36. The summed E-state index contributed by atoms with van der Waals surface area (Å²) in [6, 6.07) is 5.33. The zero-order valence-electron chi connectivity index (χ0n) is 12.0. The predicted molar refractivity (Wildman–Crippen MR) is 80.0 cm³/mol. The maximum Gasteiger partial charge on any atom is 0.243 e. The molecule has 19 heavy (non-hydrogen) atoms. The minimum absolute atomic E-state index is 0.318. The highest BCUT2D eigenvalue weighted by molar-refractivity contribution is 7.89. The Morgan fingerprint density at radius 3 is 2.47 bits per heavy atom. The highest BCUT2D eigenvalue weighted by Gasteiger charge is 2.22. The molecule has 3 nitrogen and oxygen atoms in total. The van der Waals surface area contributed by atoms with Gasteiger partial charge in [0.05, 0.1) is 4.90 Å². The molecule has 0 amide bonds. The number of hydrogen-bond acceptors (Lipinski definition) is 2. The Labute approximate surface area is 121 Å². The van der Waals surface area contributed by atoms with Crippen LogP contribution >= 0.6 is 11.6 Å². The first-order chi connectivity index (χ1) is 8.78. The Kier molecular flexibility index (Phi) is 5.83. The molecule has 0 aliphatic rings. The van der Waals surface area contributed by atoms with Crippen molar-refractivity contribution in [3.8, 4) is 0 Å². The van der Waals surface area contributed by atoms with Crippen LogP contribution in [0, 0.1) is 12.8 Å². The van der Waals surface area contributed by atoms with Gasteiger partial charge in [0.2, 0.25) is 10.0 Å². The van der Waals surface area contributed by atoms with Crippen molar-refractivity contribution in [2.45, 2.75) is 38.0 Å². The van der Waals surface area contributed by atoms with Gasteiger partial charge in [0, 0.05) is 19.5 Å². The molecule has 1 aromatic carbocycles. The number of halogens is 1. The molecule has 0 aromatic heterocycles. The third-order valence-corrected chi connectivity index (χ3v) is 5.42. The van der Waals surface area contributed by atoms with E-state index >= 15 is 0 Å². The summed E-state index contributed by atoms with van der Waals surface area (Å²) in [5.74, 6) is 0.798. The van der Waals surface area contributed by atoms with Crippen molar-refractivity contribution in [3.05, 3.63) is 29.3 Å². The minimum Gasteiger partial charge on any atom is -0.207 e. The Morgan fingerprint density at radius 2 is 1.95 bits per heavy atom. The zero-order valence-corrected chi connectivity index (χ0v) is 13.6. The largest absolute Gasteiger partial charge is 0.243 e. The fraction of sp³-hybridized carbons (Fsp3) is 0.571. The van der Waals surface area contributed by atoms with Crippen molar-refractivity contribution < 1.29 is 8.42 Å². The lowest BCUT2D eigenvalue weighted by Crippen LogP contribution is -2.29. The van der Waals surface area contributed by atoms with E-state index in [9.17, 15) is 8.42 Å². The van der Waals surface area contributed by atoms with Crippen LogP contribution in [0.2, 0.25) is 0 Å². The van der Waals surface area contributed by atoms with E-state index < -0.39 is 10.0 Å². The lowest BCUT2D eigenvalue weighted by atomic mass is 10.1. The van der Waals surface area contributed by atoms with Crippen LogP contribution in [0.1, 0.15) is 31.4 Å². The molecule has 0 aliphatic carbocycles. The quantitative estimate of drug-likeness (QED) is 0.755. The Bertz CT molecular complexity index is 526. The molecule has 0 aliphatic heterocycles. The average Bonchev–Trinajstić information content (AvgIpc) is 2.36. The normalized spacial score (nSPS) is 12.4. The lowest BCUT2D eigenvalue weighted by molar-refractivity contribution is 0.428. The van der Waals surface area contributed by atoms with E-state index in [1.54, 1.807) is 26.1 Å². The number of nitrogens with zero attached hydrogens (tertiary/aromatic N) is 1. The molecule has 0 N–H and O–H groups in total. The van der Waals surface area contributed by atoms with Crippen LogP contribution in [-0.4, -0.2) is 26.3 Å². The first-order valence-corrected chi connectivity index (χ1v) is 8.38. The van der Waals surface area contributed by atoms with Crippen molar-refractivity contribution in [3.63, 3.8) is 0 Å². The standard InChI is InChI=1S/C14H22ClNO2S/c1-11(2)7-8-16(4)19(17,18)14-9-13(10-15)6-5-12(14)3/h5-6,9,11H,7-8,10H2,1-4H3. The Hall–Kier alpha value is -0.580. The van der Waals surface area contributed by atoms with Gasteiger partial charge >= 0.3 is 0 Å². The molecule has 0 heterocycles. The van der Waals surface area contributed by atoms with Crippen molar-refractivity contribution in [2.24, 2.45) is 5.92 Å². The molecule has 0 radical (unpaired) electrons. The van der Waals surface area contributed by atoms with E-state index in [-0.39, 0.29) is 0 Å². The van der Waals surface area contributed by atoms with Crippen LogP contribution in [0.4, 0.5) is 0 Å². The molecule has 0 fully saturated rings. The predicted octanol–water partition coefficient (Wildman–Crippen LogP) is 3.40. The third kappa shape index (κ3) is 4.20. The van der Waals surface area contributed by atoms with Gasteiger partial charge in [0.1, 0.15) is 0 Å². The van der Waals surface area contributed by atoms with Crippen LogP contribution in [0.25, 0.3) is 0 Å². The van der Waals surface area contributed by atoms with Crippen molar-refractivity contribution in [2.75, 3.05) is 13.6 Å². The van der Waals surface area contributed by atoms with E-state index in [2.05, 4.69) is 13.8 Å². The molecule has 1 rings (SSSR count). The van der Waals surface area contributed by atoms with Gasteiger partial charge in [-0.25, -0.2) is 12.7 Å². The number of aryl methyl sites for hydroxylation is 1. The SMILES string of the molecule is Cc1ccc(CCl)cc1S(=O)(=O)N(C)CCC(C)C. The van der Waals surface area contributed by atoms with Crippen molar-refractivity contribution in [1.29, 1.82) is 0 Å². The Balaban J connectivity index is 3.05. The first-order valence-electron chi connectivity index (χ1n) is 6.41. The van der Waals surface area contributed by atoms with Gasteiger partial charge in [0.25, 0.3) is 0 Å². The van der Waals surface area contributed by atoms with E-state index in [1.807, 2.05) is 6.07 Å². The summed E-state index contributed by atoms with van der Waals surface area (Å²) in [5, 5.41) is 0. The van der Waals surface area contributed by atoms with Crippen molar-refractivity contribution in [1.82, 2.24) is 4.31 Å². The molecule has 108 valence electrons. The second-order valence-electron chi connectivity index (χ2n) is 5.24. The smallest absolute Gasteiger partial charge is 0.207 e. The van der Waals surface area contributed by atoms with Gasteiger partial charge < -0.3 is 0 Å². The molecule has 0 saturated heterocycles. The lowest BCUT2D eigenvalue weighted by Gasteiger charge is -2.19. The maximum absolute atomic E-state index is 12.5. The zero-order chi connectivity index (χ0) is 14.6. The summed E-state index contributed by atoms with van der Waals surface area (Å²) >= 11 is 5.78. The topological polar surface area (TPSA) is 37.4 Å². The first kappa shape index (κ1) is 16.5. The monoisotopic (exact) mass is 303 g/mol. The molecular formula is C14H22ClNO2S. The second kappa shape index (κ2) is 6.73. The summed E-state index contributed by atoms with van der Waals surface area (Å²) in [7, 11) is -1.79. The average molecular weight is 304 g/mol. The molecule has 0 saturated carbocycles. The summed E-state index contributed by atoms with van der Waals surface area (Å²) < 4.78 is 26.5. The van der Waals surface area contributed by atoms with Crippen LogP contribution in [-0.2, 0) is 15.9 Å². The van der Waals surface area contributed by atoms with Gasteiger partial charge in [-0.05, 0) is 36.5 Å². The van der Waals surface area contributed by atoms with Gasteiger partial charge in [0.15, 0.2) is 0 Å². The van der Waals surface area contributed by atoms with Gasteiger partial charge in [-0.3, -0.25) is 0 Å². The van der Waals surface area contributed by atoms with Gasteiger partial charge in [-0.1, -0.05) is 26.0 Å².